The summed E-state index contributed by atoms with van der Waals surface area (Å²) in [5, 5.41) is 8.01. The highest BCUT2D eigenvalue weighted by Crippen LogP contribution is 2.28. The molecule has 2 aromatic carbocycles. The number of benzene rings is 2. The summed E-state index contributed by atoms with van der Waals surface area (Å²) >= 11 is 1.33. The van der Waals surface area contributed by atoms with Crippen LogP contribution in [-0.4, -0.2) is 37.0 Å². The Labute approximate surface area is 199 Å². The zero-order valence-electron chi connectivity index (χ0n) is 18.6. The summed E-state index contributed by atoms with van der Waals surface area (Å²) in [6, 6.07) is 20.1. The smallest absolute Gasteiger partial charge is 0.322 e. The molecular formula is C25H23N5O3S. The van der Waals surface area contributed by atoms with Crippen LogP contribution in [0.2, 0.25) is 0 Å². The number of carbonyl (C=O) groups excluding carboxylic acids is 2. The minimum atomic E-state index is -1.13. The number of aromatic nitrogens is 3. The fourth-order valence-corrected chi connectivity index (χ4v) is 5.15. The van der Waals surface area contributed by atoms with Crippen molar-refractivity contribution < 1.29 is 9.59 Å². The number of fused-ring (bicyclic) bond motifs is 1. The minimum absolute atomic E-state index is 0.0822. The van der Waals surface area contributed by atoms with Gasteiger partial charge in [-0.3, -0.25) is 14.5 Å². The number of nitrogens with zero attached hydrogens (tertiary/aromatic N) is 4. The first-order valence-corrected chi connectivity index (χ1v) is 11.9. The number of imide groups is 1. The molecule has 0 spiro atoms. The van der Waals surface area contributed by atoms with Crippen molar-refractivity contribution in [2.75, 3.05) is 0 Å². The predicted molar refractivity (Wildman–Crippen MR) is 129 cm³/mol. The second kappa shape index (κ2) is 8.83. The van der Waals surface area contributed by atoms with Crippen LogP contribution in [0.5, 0.6) is 0 Å². The largest absolute Gasteiger partial charge is 0.325 e. The average Bonchev–Trinajstić information content (AvgIpc) is 3.35. The minimum Gasteiger partial charge on any atom is -0.322 e. The molecule has 34 heavy (non-hydrogen) atoms. The van der Waals surface area contributed by atoms with Crippen LogP contribution in [0.1, 0.15) is 28.8 Å². The SMILES string of the molecule is CCc1nn2c(=O)cc(CN3C(=O)NC(Cc4ccccc4)(Cc4ccccc4)C3=O)nc2s1. The Morgan fingerprint density at radius 1 is 0.941 bits per heavy atom. The molecule has 1 saturated heterocycles. The van der Waals surface area contributed by atoms with Gasteiger partial charge in [0.1, 0.15) is 10.5 Å². The molecule has 8 nitrogen and oxygen atoms in total. The van der Waals surface area contributed by atoms with Gasteiger partial charge in [-0.1, -0.05) is 78.9 Å². The van der Waals surface area contributed by atoms with E-state index < -0.39 is 11.6 Å². The molecule has 9 heteroatoms. The molecule has 5 rings (SSSR count). The molecule has 0 radical (unpaired) electrons. The van der Waals surface area contributed by atoms with Crippen LogP contribution in [0.25, 0.3) is 4.96 Å². The van der Waals surface area contributed by atoms with Crippen molar-refractivity contribution in [1.82, 2.24) is 24.8 Å². The van der Waals surface area contributed by atoms with E-state index in [9.17, 15) is 14.4 Å². The van der Waals surface area contributed by atoms with Crippen LogP contribution < -0.4 is 10.9 Å². The Kier molecular flexibility index (Phi) is 5.70. The van der Waals surface area contributed by atoms with Gasteiger partial charge in [0.05, 0.1) is 12.2 Å². The van der Waals surface area contributed by atoms with Crippen LogP contribution in [0.15, 0.2) is 71.5 Å². The van der Waals surface area contributed by atoms with E-state index in [0.29, 0.717) is 29.9 Å². The van der Waals surface area contributed by atoms with Crippen LogP contribution in [0, 0.1) is 0 Å². The topological polar surface area (TPSA) is 96.7 Å². The van der Waals surface area contributed by atoms with Crippen molar-refractivity contribution in [3.8, 4) is 0 Å². The molecule has 3 heterocycles. The van der Waals surface area contributed by atoms with Crippen molar-refractivity contribution in [1.29, 1.82) is 0 Å². The molecule has 1 aliphatic rings. The number of amides is 3. The maximum Gasteiger partial charge on any atom is 0.325 e. The lowest BCUT2D eigenvalue weighted by Crippen LogP contribution is -2.51. The number of carbonyl (C=O) groups is 2. The number of rotatable bonds is 7. The fraction of sp³-hybridized carbons (Fsp3) is 0.240. The highest BCUT2D eigenvalue weighted by atomic mass is 32.1. The first-order valence-electron chi connectivity index (χ1n) is 11.1. The Morgan fingerprint density at radius 3 is 2.15 bits per heavy atom. The molecule has 0 unspecified atom stereocenters. The normalized spacial score (nSPS) is 15.1. The third-order valence-corrected chi connectivity index (χ3v) is 6.96. The van der Waals surface area contributed by atoms with Gasteiger partial charge in [0, 0.05) is 18.9 Å². The van der Waals surface area contributed by atoms with Gasteiger partial charge in [-0.2, -0.15) is 9.61 Å². The zero-order chi connectivity index (χ0) is 23.7. The first-order chi connectivity index (χ1) is 16.5. The van der Waals surface area contributed by atoms with Gasteiger partial charge < -0.3 is 5.32 Å². The number of aryl methyl sites for hydroxylation is 1. The lowest BCUT2D eigenvalue weighted by molar-refractivity contribution is -0.131. The van der Waals surface area contributed by atoms with E-state index in [2.05, 4.69) is 15.4 Å². The fourth-order valence-electron chi connectivity index (χ4n) is 4.29. The highest BCUT2D eigenvalue weighted by Gasteiger charge is 2.51. The van der Waals surface area contributed by atoms with E-state index in [4.69, 9.17) is 0 Å². The second-order valence-electron chi connectivity index (χ2n) is 8.36. The Morgan fingerprint density at radius 2 is 1.56 bits per heavy atom. The molecule has 172 valence electrons. The summed E-state index contributed by atoms with van der Waals surface area (Å²) in [7, 11) is 0. The van der Waals surface area contributed by atoms with Crippen LogP contribution in [-0.2, 0) is 30.6 Å². The molecule has 1 N–H and O–H groups in total. The second-order valence-corrected chi connectivity index (χ2v) is 9.40. The number of hydrogen-bond donors (Lipinski definition) is 1. The van der Waals surface area contributed by atoms with Gasteiger partial charge in [-0.15, -0.1) is 0 Å². The van der Waals surface area contributed by atoms with E-state index in [0.717, 1.165) is 21.0 Å². The summed E-state index contributed by atoms with van der Waals surface area (Å²) in [5.41, 5.74) is 0.795. The lowest BCUT2D eigenvalue weighted by Gasteiger charge is -2.27. The Hall–Kier alpha value is -3.85. The maximum atomic E-state index is 13.8. The third-order valence-electron chi connectivity index (χ3n) is 5.91. The molecule has 1 fully saturated rings. The number of nitrogens with one attached hydrogen (secondary N) is 1. The summed E-state index contributed by atoms with van der Waals surface area (Å²) in [4.78, 5) is 45.5. The zero-order valence-corrected chi connectivity index (χ0v) is 19.4. The summed E-state index contributed by atoms with van der Waals surface area (Å²) < 4.78 is 1.26. The maximum absolute atomic E-state index is 13.8. The molecule has 0 atom stereocenters. The van der Waals surface area contributed by atoms with Crippen molar-refractivity contribution in [3.63, 3.8) is 0 Å². The summed E-state index contributed by atoms with van der Waals surface area (Å²) in [6.07, 6.45) is 1.40. The average molecular weight is 474 g/mol. The van der Waals surface area contributed by atoms with Gasteiger partial charge in [0.15, 0.2) is 0 Å². The van der Waals surface area contributed by atoms with Crippen LogP contribution >= 0.6 is 11.3 Å². The summed E-state index contributed by atoms with van der Waals surface area (Å²) in [6.45, 7) is 1.87. The van der Waals surface area contributed by atoms with E-state index in [-0.39, 0.29) is 18.0 Å². The molecule has 4 aromatic rings. The van der Waals surface area contributed by atoms with Gasteiger partial charge in [0.2, 0.25) is 4.96 Å². The van der Waals surface area contributed by atoms with Crippen LogP contribution in [0.4, 0.5) is 4.79 Å². The molecule has 2 aromatic heterocycles. The standard InChI is InChI=1S/C25H23N5O3S/c1-2-20-28-30-21(31)13-19(26-24(30)34-20)16-29-22(32)25(27-23(29)33,14-17-9-5-3-6-10-17)15-18-11-7-4-8-12-18/h3-13H,2,14-16H2,1H3,(H,27,33). The number of urea groups is 1. The molecule has 1 aliphatic heterocycles. The van der Waals surface area contributed by atoms with Crippen molar-refractivity contribution in [2.45, 2.75) is 38.3 Å². The molecule has 0 saturated carbocycles. The first kappa shape index (κ1) is 22.0. The van der Waals surface area contributed by atoms with Crippen molar-refractivity contribution in [2.24, 2.45) is 0 Å². The van der Waals surface area contributed by atoms with Gasteiger partial charge in [0.25, 0.3) is 11.5 Å². The molecule has 0 aliphatic carbocycles. The monoisotopic (exact) mass is 473 g/mol. The van der Waals surface area contributed by atoms with Crippen molar-refractivity contribution >= 4 is 28.2 Å². The van der Waals surface area contributed by atoms with Gasteiger partial charge >= 0.3 is 6.03 Å². The predicted octanol–water partition coefficient (Wildman–Crippen LogP) is 2.99. The van der Waals surface area contributed by atoms with E-state index in [1.54, 1.807) is 0 Å². The number of hydrogen-bond acceptors (Lipinski definition) is 6. The summed E-state index contributed by atoms with van der Waals surface area (Å²) in [5.74, 6) is -0.328. The van der Waals surface area contributed by atoms with E-state index >= 15 is 0 Å². The molecule has 3 amide bonds. The van der Waals surface area contributed by atoms with Gasteiger partial charge in [-0.05, 0) is 17.5 Å². The molecule has 0 bridgehead atoms. The van der Waals surface area contributed by atoms with E-state index in [1.165, 1.54) is 21.9 Å². The quantitative estimate of drug-likeness (QED) is 0.416. The van der Waals surface area contributed by atoms with Crippen molar-refractivity contribution in [3.05, 3.63) is 98.9 Å². The third kappa shape index (κ3) is 4.10. The molecular weight excluding hydrogens is 450 g/mol. The van der Waals surface area contributed by atoms with E-state index in [1.807, 2.05) is 67.6 Å². The Bertz CT molecular complexity index is 1370. The Balaban J connectivity index is 1.48. The highest BCUT2D eigenvalue weighted by molar-refractivity contribution is 7.16. The van der Waals surface area contributed by atoms with Gasteiger partial charge in [-0.25, -0.2) is 9.78 Å². The van der Waals surface area contributed by atoms with Crippen LogP contribution in [0.3, 0.4) is 0 Å². The lowest BCUT2D eigenvalue weighted by atomic mass is 9.84.